The van der Waals surface area contributed by atoms with Gasteiger partial charge in [-0.1, -0.05) is 18.2 Å². The Hall–Kier alpha value is -3.75. The van der Waals surface area contributed by atoms with Gasteiger partial charge in [-0.15, -0.1) is 0 Å². The van der Waals surface area contributed by atoms with Crippen molar-refractivity contribution in [2.75, 3.05) is 14.2 Å². The van der Waals surface area contributed by atoms with E-state index >= 15 is 0 Å². The number of amides is 1. The summed E-state index contributed by atoms with van der Waals surface area (Å²) in [6.07, 6.45) is 1.27. The first-order valence-electron chi connectivity index (χ1n) is 8.40. The van der Waals surface area contributed by atoms with Crippen molar-refractivity contribution in [2.45, 2.75) is 13.1 Å². The number of nitro groups is 1. The Morgan fingerprint density at radius 3 is 2.75 bits per heavy atom. The normalized spacial score (nSPS) is 10.6. The highest BCUT2D eigenvalue weighted by Gasteiger charge is 2.15. The minimum absolute atomic E-state index is 0.0943. The van der Waals surface area contributed by atoms with Crippen LogP contribution in [0.5, 0.6) is 5.75 Å². The van der Waals surface area contributed by atoms with Gasteiger partial charge in [-0.3, -0.25) is 24.3 Å². The molecule has 9 heteroatoms. The largest absolute Gasteiger partial charge is 0.496 e. The number of methoxy groups -OCH3 is 1. The Morgan fingerprint density at radius 1 is 1.29 bits per heavy atom. The highest BCUT2D eigenvalue weighted by Crippen LogP contribution is 2.19. The van der Waals surface area contributed by atoms with Gasteiger partial charge in [0, 0.05) is 31.3 Å². The Balaban J connectivity index is 1.83. The quantitative estimate of drug-likeness (QED) is 0.476. The fraction of sp³-hybridized carbons (Fsp3) is 0.211. The maximum Gasteiger partial charge on any atom is 0.270 e. The number of rotatable bonds is 6. The lowest BCUT2D eigenvalue weighted by Crippen LogP contribution is -2.33. The molecule has 0 bridgehead atoms. The summed E-state index contributed by atoms with van der Waals surface area (Å²) in [6.45, 7) is 0.0835. The topological polar surface area (TPSA) is 108 Å². The standard InChI is InChI=1S/C19H18N4O5/c1-21(10-13-5-3-4-6-17(13)28-2)18(24)11-22-12-20-16-8-7-14(23(26)27)9-15(16)19(22)25/h3-9,12H,10-11H2,1-2H3. The summed E-state index contributed by atoms with van der Waals surface area (Å²) in [7, 11) is 3.18. The van der Waals surface area contributed by atoms with Crippen LogP contribution in [0, 0.1) is 10.1 Å². The van der Waals surface area contributed by atoms with Crippen LogP contribution in [-0.2, 0) is 17.9 Å². The Labute approximate surface area is 159 Å². The number of nitrogens with zero attached hydrogens (tertiary/aromatic N) is 4. The number of likely N-dealkylation sites (N-methyl/N-ethyl adjacent to an activating group) is 1. The molecule has 0 spiro atoms. The number of carbonyl (C=O) groups excluding carboxylic acids is 1. The van der Waals surface area contributed by atoms with Gasteiger partial charge in [-0.2, -0.15) is 0 Å². The van der Waals surface area contributed by atoms with Crippen LogP contribution in [0.15, 0.2) is 53.6 Å². The highest BCUT2D eigenvalue weighted by atomic mass is 16.6. The van der Waals surface area contributed by atoms with E-state index in [1.165, 1.54) is 29.4 Å². The maximum atomic E-state index is 12.6. The maximum absolute atomic E-state index is 12.6. The SMILES string of the molecule is COc1ccccc1CN(C)C(=O)Cn1cnc2ccc([N+](=O)[O-])cc2c1=O. The van der Waals surface area contributed by atoms with Crippen molar-refractivity contribution in [3.8, 4) is 5.75 Å². The fourth-order valence-corrected chi connectivity index (χ4v) is 2.82. The van der Waals surface area contributed by atoms with Crippen LogP contribution in [0.25, 0.3) is 10.9 Å². The second-order valence-corrected chi connectivity index (χ2v) is 6.20. The third kappa shape index (κ3) is 3.83. The zero-order valence-corrected chi connectivity index (χ0v) is 15.4. The molecule has 0 saturated carbocycles. The smallest absolute Gasteiger partial charge is 0.270 e. The second-order valence-electron chi connectivity index (χ2n) is 6.20. The monoisotopic (exact) mass is 382 g/mol. The number of nitro benzene ring substituents is 1. The molecule has 0 fully saturated rings. The zero-order valence-electron chi connectivity index (χ0n) is 15.4. The summed E-state index contributed by atoms with van der Waals surface area (Å²) in [6, 6.07) is 11.2. The first-order chi connectivity index (χ1) is 13.4. The van der Waals surface area contributed by atoms with Gasteiger partial charge < -0.3 is 9.64 Å². The molecule has 0 radical (unpaired) electrons. The van der Waals surface area contributed by atoms with Crippen molar-refractivity contribution < 1.29 is 14.5 Å². The van der Waals surface area contributed by atoms with E-state index in [1.54, 1.807) is 20.2 Å². The molecule has 0 aliphatic heterocycles. The number of ether oxygens (including phenoxy) is 1. The molecule has 28 heavy (non-hydrogen) atoms. The molecule has 144 valence electrons. The van der Waals surface area contributed by atoms with Crippen LogP contribution in [0.1, 0.15) is 5.56 Å². The van der Waals surface area contributed by atoms with Crippen molar-refractivity contribution in [1.29, 1.82) is 0 Å². The van der Waals surface area contributed by atoms with Gasteiger partial charge in [0.05, 0.1) is 29.3 Å². The summed E-state index contributed by atoms with van der Waals surface area (Å²) in [5, 5.41) is 11.0. The van der Waals surface area contributed by atoms with Gasteiger partial charge in [0.15, 0.2) is 0 Å². The van der Waals surface area contributed by atoms with Crippen molar-refractivity contribution in [1.82, 2.24) is 14.5 Å². The van der Waals surface area contributed by atoms with Crippen molar-refractivity contribution >= 4 is 22.5 Å². The lowest BCUT2D eigenvalue weighted by atomic mass is 10.2. The Kier molecular flexibility index (Phi) is 5.35. The number of hydrogen-bond acceptors (Lipinski definition) is 6. The first kappa shape index (κ1) is 19.0. The summed E-state index contributed by atoms with van der Waals surface area (Å²) in [4.78, 5) is 41.1. The third-order valence-corrected chi connectivity index (χ3v) is 4.35. The molecule has 0 saturated heterocycles. The van der Waals surface area contributed by atoms with Crippen LogP contribution in [-0.4, -0.2) is 39.4 Å². The van der Waals surface area contributed by atoms with E-state index in [2.05, 4.69) is 4.98 Å². The lowest BCUT2D eigenvalue weighted by molar-refractivity contribution is -0.384. The molecule has 0 unspecified atom stereocenters. The summed E-state index contributed by atoms with van der Waals surface area (Å²) in [5.74, 6) is 0.360. The van der Waals surface area contributed by atoms with Gasteiger partial charge in [-0.25, -0.2) is 4.98 Å². The molecule has 3 aromatic rings. The molecule has 1 amide bonds. The van der Waals surface area contributed by atoms with Crippen LogP contribution in [0.4, 0.5) is 5.69 Å². The van der Waals surface area contributed by atoms with E-state index in [0.29, 0.717) is 17.8 Å². The summed E-state index contributed by atoms with van der Waals surface area (Å²) in [5.41, 5.74) is 0.457. The second kappa shape index (κ2) is 7.87. The molecule has 0 atom stereocenters. The number of carbonyl (C=O) groups is 1. The van der Waals surface area contributed by atoms with E-state index in [-0.39, 0.29) is 23.5 Å². The van der Waals surface area contributed by atoms with E-state index in [4.69, 9.17) is 4.74 Å². The van der Waals surface area contributed by atoms with Gasteiger partial charge in [0.2, 0.25) is 5.91 Å². The number of hydrogen-bond donors (Lipinski definition) is 0. The van der Waals surface area contributed by atoms with Crippen molar-refractivity contribution in [3.63, 3.8) is 0 Å². The summed E-state index contributed by atoms with van der Waals surface area (Å²) < 4.78 is 6.43. The molecule has 0 N–H and O–H groups in total. The van der Waals surface area contributed by atoms with Gasteiger partial charge in [-0.05, 0) is 12.1 Å². The molecule has 3 rings (SSSR count). The number of aromatic nitrogens is 2. The minimum atomic E-state index is -0.581. The molecule has 1 heterocycles. The van der Waals surface area contributed by atoms with E-state index in [0.717, 1.165) is 10.1 Å². The Morgan fingerprint density at radius 2 is 2.04 bits per heavy atom. The third-order valence-electron chi connectivity index (χ3n) is 4.35. The van der Waals surface area contributed by atoms with Gasteiger partial charge >= 0.3 is 0 Å². The molecular weight excluding hydrogens is 364 g/mol. The molecule has 0 aliphatic rings. The predicted molar refractivity (Wildman–Crippen MR) is 102 cm³/mol. The Bertz CT molecular complexity index is 1110. The van der Waals surface area contributed by atoms with E-state index in [1.807, 2.05) is 18.2 Å². The lowest BCUT2D eigenvalue weighted by Gasteiger charge is -2.19. The molecule has 0 aliphatic carbocycles. The molecule has 9 nitrogen and oxygen atoms in total. The van der Waals surface area contributed by atoms with E-state index in [9.17, 15) is 19.7 Å². The van der Waals surface area contributed by atoms with Gasteiger partial charge in [0.1, 0.15) is 12.3 Å². The number of fused-ring (bicyclic) bond motifs is 1. The van der Waals surface area contributed by atoms with Crippen LogP contribution in [0.3, 0.4) is 0 Å². The molecule has 2 aromatic carbocycles. The number of benzene rings is 2. The first-order valence-corrected chi connectivity index (χ1v) is 8.40. The summed E-state index contributed by atoms with van der Waals surface area (Å²) >= 11 is 0. The average Bonchev–Trinajstić information content (AvgIpc) is 2.70. The molecule has 1 aromatic heterocycles. The highest BCUT2D eigenvalue weighted by molar-refractivity contribution is 5.81. The van der Waals surface area contributed by atoms with Crippen LogP contribution >= 0.6 is 0 Å². The van der Waals surface area contributed by atoms with Crippen LogP contribution in [0.2, 0.25) is 0 Å². The fourth-order valence-electron chi connectivity index (χ4n) is 2.82. The zero-order chi connectivity index (χ0) is 20.3. The van der Waals surface area contributed by atoms with E-state index < -0.39 is 10.5 Å². The molecular formula is C19H18N4O5. The van der Waals surface area contributed by atoms with Crippen molar-refractivity contribution in [2.24, 2.45) is 0 Å². The van der Waals surface area contributed by atoms with Crippen LogP contribution < -0.4 is 10.3 Å². The minimum Gasteiger partial charge on any atom is -0.496 e. The number of non-ortho nitro benzene ring substituents is 1. The average molecular weight is 382 g/mol. The predicted octanol–water partition coefficient (Wildman–Crippen LogP) is 1.97. The van der Waals surface area contributed by atoms with Gasteiger partial charge in [0.25, 0.3) is 11.2 Å². The van der Waals surface area contributed by atoms with Crippen molar-refractivity contribution in [3.05, 3.63) is 74.8 Å². The number of para-hydroxylation sites is 1.